The van der Waals surface area contributed by atoms with Crippen LogP contribution in [0.5, 0.6) is 11.5 Å². The maximum Gasteiger partial charge on any atom is 0.269 e. The number of nitrogens with zero attached hydrogens (tertiary/aromatic N) is 4. The first-order valence-corrected chi connectivity index (χ1v) is 18.5. The molecule has 0 saturated heterocycles. The second-order valence-electron chi connectivity index (χ2n) is 11.2. The summed E-state index contributed by atoms with van der Waals surface area (Å²) in [5.74, 6) is 0.496. The quantitative estimate of drug-likeness (QED) is 0.0528. The van der Waals surface area contributed by atoms with E-state index in [0.29, 0.717) is 24.6 Å². The van der Waals surface area contributed by atoms with Gasteiger partial charge in [-0.2, -0.15) is 0 Å². The number of carbonyl (C=O) groups is 2. The van der Waals surface area contributed by atoms with E-state index in [9.17, 15) is 20.0 Å². The lowest BCUT2D eigenvalue weighted by molar-refractivity contribution is -0.115. The van der Waals surface area contributed by atoms with Crippen LogP contribution in [0.2, 0.25) is 0 Å². The summed E-state index contributed by atoms with van der Waals surface area (Å²) in [6.45, 7) is 4.47. The Balaban J connectivity index is 1.58. The predicted octanol–water partition coefficient (Wildman–Crippen LogP) is 5.86. The number of halogens is 4. The molecule has 0 aliphatic rings. The topological polar surface area (TPSA) is 148 Å². The van der Waals surface area contributed by atoms with E-state index in [2.05, 4.69) is 109 Å². The number of ether oxygens (including phenoxy) is 2. The number of nitrogens with one attached hydrogen (secondary N) is 2. The highest BCUT2D eigenvalue weighted by molar-refractivity contribution is 9.11. The van der Waals surface area contributed by atoms with E-state index < -0.39 is 11.8 Å². The van der Waals surface area contributed by atoms with Crippen LogP contribution in [0.1, 0.15) is 36.8 Å². The van der Waals surface area contributed by atoms with Crippen LogP contribution in [0, 0.1) is 0 Å². The van der Waals surface area contributed by atoms with Crippen LogP contribution in [0.15, 0.2) is 52.5 Å². The molecule has 2 rings (SSSR count). The molecule has 0 saturated carbocycles. The standard InChI is InChI=1S/C32H44Br4N6O6/c1-41(13-7-9-37-31(43)27(39-45)19-21-15-23(33)29(47-3)24(34)16-21)11-5-6-12-42(2)14-8-10-38-32(44)28(40-46)20-22-17-25(35)30(48-4)26(36)18-22/h15-18,45-46H,5-14,19-20H2,1-4H3,(H,37,43)(H,38,44)/b39-27+,40-28+. The number of unbranched alkanes of at least 4 members (excludes halogenated alkanes) is 1. The molecule has 0 radical (unpaired) electrons. The summed E-state index contributed by atoms with van der Waals surface area (Å²) >= 11 is 13.8. The minimum atomic E-state index is -0.400. The number of hydrogen-bond acceptors (Lipinski definition) is 10. The van der Waals surface area contributed by atoms with Gasteiger partial charge in [0.2, 0.25) is 0 Å². The van der Waals surface area contributed by atoms with E-state index >= 15 is 0 Å². The highest BCUT2D eigenvalue weighted by atomic mass is 79.9. The summed E-state index contributed by atoms with van der Waals surface area (Å²) in [6.07, 6.45) is 3.95. The maximum absolute atomic E-state index is 12.6. The molecule has 0 fully saturated rings. The average molecular weight is 928 g/mol. The predicted molar refractivity (Wildman–Crippen MR) is 202 cm³/mol. The number of benzene rings is 2. The number of amides is 2. The summed E-state index contributed by atoms with van der Waals surface area (Å²) in [4.78, 5) is 29.6. The highest BCUT2D eigenvalue weighted by Gasteiger charge is 2.17. The highest BCUT2D eigenvalue weighted by Crippen LogP contribution is 2.35. The molecule has 2 aromatic rings. The fourth-order valence-electron chi connectivity index (χ4n) is 4.82. The van der Waals surface area contributed by atoms with Crippen LogP contribution in [0.4, 0.5) is 0 Å². The Bertz CT molecular complexity index is 1280. The molecule has 0 atom stereocenters. The van der Waals surface area contributed by atoms with Crippen molar-refractivity contribution in [1.29, 1.82) is 0 Å². The van der Waals surface area contributed by atoms with Gasteiger partial charge in [-0.05, 0) is 165 Å². The van der Waals surface area contributed by atoms with Gasteiger partial charge in [-0.25, -0.2) is 0 Å². The molecule has 0 bridgehead atoms. The number of hydrogen-bond donors (Lipinski definition) is 4. The molecule has 12 nitrogen and oxygen atoms in total. The third-order valence-electron chi connectivity index (χ3n) is 7.37. The molecule has 2 aromatic carbocycles. The van der Waals surface area contributed by atoms with Crippen LogP contribution in [0.3, 0.4) is 0 Å². The molecule has 0 aliphatic heterocycles. The molecular formula is C32H44Br4N6O6. The number of oxime groups is 2. The van der Waals surface area contributed by atoms with Crippen molar-refractivity contribution in [3.8, 4) is 11.5 Å². The SMILES string of the molecule is COc1c(Br)cc(C/C(=N\O)C(=O)NCCCN(C)CCCCN(C)CCCNC(=O)/C(Cc2cc(Br)c(OC)c(Br)c2)=N/O)cc1Br. The van der Waals surface area contributed by atoms with Gasteiger partial charge in [-0.15, -0.1) is 0 Å². The zero-order chi connectivity index (χ0) is 35.6. The van der Waals surface area contributed by atoms with Gasteiger partial charge in [0.15, 0.2) is 0 Å². The fraction of sp³-hybridized carbons (Fsp3) is 0.500. The number of methoxy groups -OCH3 is 2. The van der Waals surface area contributed by atoms with Crippen molar-refractivity contribution in [3.05, 3.63) is 53.3 Å². The van der Waals surface area contributed by atoms with Crippen LogP contribution < -0.4 is 20.1 Å². The molecule has 0 spiro atoms. The zero-order valence-electron chi connectivity index (χ0n) is 27.6. The first-order chi connectivity index (χ1) is 22.9. The van der Waals surface area contributed by atoms with Crippen molar-refractivity contribution in [2.24, 2.45) is 10.3 Å². The Kier molecular flexibility index (Phi) is 19.6. The zero-order valence-corrected chi connectivity index (χ0v) is 34.0. The Morgan fingerprint density at radius 3 is 1.25 bits per heavy atom. The van der Waals surface area contributed by atoms with Crippen molar-refractivity contribution < 1.29 is 29.5 Å². The largest absolute Gasteiger partial charge is 0.494 e. The van der Waals surface area contributed by atoms with E-state index in [1.54, 1.807) is 14.2 Å². The second-order valence-corrected chi connectivity index (χ2v) is 14.6. The van der Waals surface area contributed by atoms with E-state index in [1.165, 1.54) is 0 Å². The first-order valence-electron chi connectivity index (χ1n) is 15.3. The van der Waals surface area contributed by atoms with Crippen molar-refractivity contribution in [2.75, 3.05) is 67.6 Å². The van der Waals surface area contributed by atoms with Crippen LogP contribution in [-0.4, -0.2) is 111 Å². The summed E-state index contributed by atoms with van der Waals surface area (Å²) in [5.41, 5.74) is 1.66. The smallest absolute Gasteiger partial charge is 0.269 e. The number of carbonyl (C=O) groups excluding carboxylic acids is 2. The molecular weight excluding hydrogens is 884 g/mol. The molecule has 48 heavy (non-hydrogen) atoms. The van der Waals surface area contributed by atoms with E-state index in [1.807, 2.05) is 24.3 Å². The number of rotatable bonds is 21. The Morgan fingerprint density at radius 2 is 0.958 bits per heavy atom. The van der Waals surface area contributed by atoms with Gasteiger partial charge in [0.25, 0.3) is 11.8 Å². The third-order valence-corrected chi connectivity index (χ3v) is 9.72. The van der Waals surface area contributed by atoms with Crippen molar-refractivity contribution in [2.45, 2.75) is 38.5 Å². The van der Waals surface area contributed by atoms with Crippen LogP contribution >= 0.6 is 63.7 Å². The van der Waals surface area contributed by atoms with Gasteiger partial charge in [0.1, 0.15) is 22.9 Å². The first kappa shape index (κ1) is 41.9. The minimum absolute atomic E-state index is 0.0365. The monoisotopic (exact) mass is 924 g/mol. The Morgan fingerprint density at radius 1 is 0.646 bits per heavy atom. The van der Waals surface area contributed by atoms with Crippen molar-refractivity contribution in [1.82, 2.24) is 20.4 Å². The van der Waals surface area contributed by atoms with Gasteiger partial charge in [-0.1, -0.05) is 10.3 Å². The normalized spacial score (nSPS) is 12.0. The Labute approximate surface area is 316 Å². The third kappa shape index (κ3) is 14.3. The van der Waals surface area contributed by atoms with E-state index in [4.69, 9.17) is 9.47 Å². The minimum Gasteiger partial charge on any atom is -0.494 e. The summed E-state index contributed by atoms with van der Waals surface area (Å²) in [7, 11) is 7.26. The van der Waals surface area contributed by atoms with Crippen LogP contribution in [-0.2, 0) is 22.4 Å². The van der Waals surface area contributed by atoms with Crippen LogP contribution in [0.25, 0.3) is 0 Å². The molecule has 16 heteroatoms. The van der Waals surface area contributed by atoms with Gasteiger partial charge < -0.3 is 40.3 Å². The fourth-order valence-corrected chi connectivity index (χ4v) is 8.03. The molecule has 0 aromatic heterocycles. The molecule has 266 valence electrons. The average Bonchev–Trinajstić information content (AvgIpc) is 3.04. The Hall–Kier alpha value is -2.24. The van der Waals surface area contributed by atoms with Gasteiger partial charge >= 0.3 is 0 Å². The molecule has 0 heterocycles. The molecule has 4 N–H and O–H groups in total. The lowest BCUT2D eigenvalue weighted by Gasteiger charge is -2.19. The van der Waals surface area contributed by atoms with Gasteiger partial charge in [0, 0.05) is 25.9 Å². The molecule has 0 aliphatic carbocycles. The second kappa shape index (κ2) is 22.5. The molecule has 0 unspecified atom stereocenters. The van der Waals surface area contributed by atoms with E-state index in [0.717, 1.165) is 80.9 Å². The lowest BCUT2D eigenvalue weighted by atomic mass is 10.1. The van der Waals surface area contributed by atoms with Crippen molar-refractivity contribution >= 4 is 87.0 Å². The summed E-state index contributed by atoms with van der Waals surface area (Å²) in [5, 5.41) is 30.9. The maximum atomic E-state index is 12.6. The molecule has 2 amide bonds. The summed E-state index contributed by atoms with van der Waals surface area (Å²) < 4.78 is 13.5. The summed E-state index contributed by atoms with van der Waals surface area (Å²) in [6, 6.07) is 7.30. The van der Waals surface area contributed by atoms with Crippen molar-refractivity contribution in [3.63, 3.8) is 0 Å². The lowest BCUT2D eigenvalue weighted by Crippen LogP contribution is -2.35. The van der Waals surface area contributed by atoms with Gasteiger partial charge in [-0.3, -0.25) is 9.59 Å². The van der Waals surface area contributed by atoms with Gasteiger partial charge in [0.05, 0.1) is 32.1 Å². The van der Waals surface area contributed by atoms with E-state index in [-0.39, 0.29) is 24.3 Å².